The first-order chi connectivity index (χ1) is 13.2. The molecule has 1 aliphatic heterocycles. The van der Waals surface area contributed by atoms with E-state index in [9.17, 15) is 9.59 Å². The van der Waals surface area contributed by atoms with E-state index in [4.69, 9.17) is 9.47 Å². The van der Waals surface area contributed by atoms with Gasteiger partial charge in [0.25, 0.3) is 0 Å². The summed E-state index contributed by atoms with van der Waals surface area (Å²) in [4.78, 5) is 27.5. The van der Waals surface area contributed by atoms with E-state index >= 15 is 0 Å². The molecule has 1 saturated heterocycles. The first-order valence-electron chi connectivity index (χ1n) is 9.13. The third-order valence-electron chi connectivity index (χ3n) is 4.31. The number of benzene rings is 1. The minimum absolute atomic E-state index is 0.0851. The monoisotopic (exact) mass is 388 g/mol. The number of nitrogens with zero attached hydrogens (tertiary/aromatic N) is 1. The van der Waals surface area contributed by atoms with Crippen LogP contribution in [0.4, 0.5) is 10.5 Å². The number of nitrogens with one attached hydrogen (secondary N) is 1. The molecule has 1 atom stereocenters. The molecule has 1 aromatic heterocycles. The molecule has 0 aliphatic carbocycles. The van der Waals surface area contributed by atoms with Gasteiger partial charge in [0, 0.05) is 23.7 Å². The summed E-state index contributed by atoms with van der Waals surface area (Å²) in [6.07, 6.45) is 2.10. The molecule has 2 amide bonds. The van der Waals surface area contributed by atoms with Gasteiger partial charge in [-0.2, -0.15) is 0 Å². The van der Waals surface area contributed by atoms with Crippen molar-refractivity contribution in [2.75, 3.05) is 25.1 Å². The van der Waals surface area contributed by atoms with Crippen LogP contribution in [0.1, 0.15) is 35.0 Å². The smallest absolute Gasteiger partial charge is 0.338 e. The standard InChI is InChI=1S/C20H24N2O4S/c1-2-25-19(23)15-7-9-16(10-8-15)21-20(24)22(13-17-5-3-11-26-17)14-18-6-4-12-27-18/h4,6-10,12,17H,2-3,5,11,13-14H2,1H3,(H,21,24). The van der Waals surface area contributed by atoms with Crippen LogP contribution in [0.25, 0.3) is 0 Å². The Kier molecular flexibility index (Phi) is 6.84. The fraction of sp³-hybridized carbons (Fsp3) is 0.400. The molecule has 7 heteroatoms. The van der Waals surface area contributed by atoms with Crippen molar-refractivity contribution in [3.63, 3.8) is 0 Å². The Morgan fingerprint density at radius 2 is 2.11 bits per heavy atom. The van der Waals surface area contributed by atoms with Crippen LogP contribution in [0.5, 0.6) is 0 Å². The van der Waals surface area contributed by atoms with Crippen LogP contribution < -0.4 is 5.32 Å². The molecular weight excluding hydrogens is 364 g/mol. The van der Waals surface area contributed by atoms with Crippen LogP contribution in [-0.2, 0) is 16.0 Å². The lowest BCUT2D eigenvalue weighted by atomic mass is 10.2. The Labute approximate surface area is 163 Å². The molecule has 0 spiro atoms. The zero-order valence-electron chi connectivity index (χ0n) is 15.3. The molecule has 27 heavy (non-hydrogen) atoms. The second-order valence-electron chi connectivity index (χ2n) is 6.32. The molecule has 0 saturated carbocycles. The maximum atomic E-state index is 12.8. The van der Waals surface area contributed by atoms with Crippen LogP contribution in [0.3, 0.4) is 0 Å². The van der Waals surface area contributed by atoms with Crippen molar-refractivity contribution >= 4 is 29.0 Å². The Morgan fingerprint density at radius 3 is 2.74 bits per heavy atom. The van der Waals surface area contributed by atoms with Gasteiger partial charge in [-0.15, -0.1) is 11.3 Å². The molecule has 0 radical (unpaired) electrons. The van der Waals surface area contributed by atoms with Gasteiger partial charge in [-0.1, -0.05) is 6.07 Å². The van der Waals surface area contributed by atoms with Gasteiger partial charge in [-0.3, -0.25) is 0 Å². The Balaban J connectivity index is 1.64. The average Bonchev–Trinajstić information content (AvgIpc) is 3.36. The molecule has 0 bridgehead atoms. The van der Waals surface area contributed by atoms with Gasteiger partial charge in [-0.25, -0.2) is 9.59 Å². The molecule has 6 nitrogen and oxygen atoms in total. The van der Waals surface area contributed by atoms with Gasteiger partial charge in [0.05, 0.1) is 24.8 Å². The third-order valence-corrected chi connectivity index (χ3v) is 5.17. The van der Waals surface area contributed by atoms with E-state index in [1.54, 1.807) is 47.4 Å². The van der Waals surface area contributed by atoms with E-state index < -0.39 is 0 Å². The maximum Gasteiger partial charge on any atom is 0.338 e. The molecule has 3 rings (SSSR count). The zero-order valence-corrected chi connectivity index (χ0v) is 16.2. The van der Waals surface area contributed by atoms with Gasteiger partial charge < -0.3 is 19.7 Å². The van der Waals surface area contributed by atoms with Crippen LogP contribution in [0, 0.1) is 0 Å². The average molecular weight is 388 g/mol. The van der Waals surface area contributed by atoms with Crippen molar-refractivity contribution in [3.8, 4) is 0 Å². The minimum atomic E-state index is -0.368. The lowest BCUT2D eigenvalue weighted by molar-refractivity contribution is 0.0526. The van der Waals surface area contributed by atoms with Crippen molar-refractivity contribution in [2.24, 2.45) is 0 Å². The molecule has 144 valence electrons. The van der Waals surface area contributed by atoms with Gasteiger partial charge >= 0.3 is 12.0 Å². The van der Waals surface area contributed by atoms with Crippen molar-refractivity contribution in [1.82, 2.24) is 4.90 Å². The Bertz CT molecular complexity index is 740. The quantitative estimate of drug-likeness (QED) is 0.724. The Morgan fingerprint density at radius 1 is 1.30 bits per heavy atom. The number of anilines is 1. The van der Waals surface area contributed by atoms with Crippen LogP contribution in [-0.4, -0.2) is 42.8 Å². The number of rotatable bonds is 7. The van der Waals surface area contributed by atoms with Gasteiger partial charge in [0.15, 0.2) is 0 Å². The summed E-state index contributed by atoms with van der Waals surface area (Å²) >= 11 is 1.63. The summed E-state index contributed by atoms with van der Waals surface area (Å²) in [5.74, 6) is -0.368. The summed E-state index contributed by atoms with van der Waals surface area (Å²) in [7, 11) is 0. The highest BCUT2D eigenvalue weighted by Crippen LogP contribution is 2.19. The molecule has 1 unspecified atom stereocenters. The Hall–Kier alpha value is -2.38. The highest BCUT2D eigenvalue weighted by molar-refractivity contribution is 7.09. The third kappa shape index (κ3) is 5.55. The predicted octanol–water partition coefficient (Wildman–Crippen LogP) is 4.14. The highest BCUT2D eigenvalue weighted by atomic mass is 32.1. The number of esters is 1. The summed E-state index contributed by atoms with van der Waals surface area (Å²) in [6, 6.07) is 10.5. The minimum Gasteiger partial charge on any atom is -0.462 e. The van der Waals surface area contributed by atoms with Crippen molar-refractivity contribution < 1.29 is 19.1 Å². The summed E-state index contributed by atoms with van der Waals surface area (Å²) < 4.78 is 10.7. The molecule has 2 aromatic rings. The number of hydrogen-bond donors (Lipinski definition) is 1. The summed E-state index contributed by atoms with van der Waals surface area (Å²) in [5, 5.41) is 4.92. The number of carbonyl (C=O) groups excluding carboxylic acids is 2. The summed E-state index contributed by atoms with van der Waals surface area (Å²) in [6.45, 7) is 3.96. The number of urea groups is 1. The molecule has 1 N–H and O–H groups in total. The normalized spacial score (nSPS) is 16.1. The van der Waals surface area contributed by atoms with Crippen molar-refractivity contribution in [2.45, 2.75) is 32.4 Å². The second kappa shape index (κ2) is 9.53. The molecule has 1 aromatic carbocycles. The lowest BCUT2D eigenvalue weighted by Gasteiger charge is -2.25. The number of ether oxygens (including phenoxy) is 2. The topological polar surface area (TPSA) is 67.9 Å². The van der Waals surface area contributed by atoms with E-state index in [1.807, 2.05) is 17.5 Å². The predicted molar refractivity (Wildman–Crippen MR) is 105 cm³/mol. The lowest BCUT2D eigenvalue weighted by Crippen LogP contribution is -2.39. The van der Waals surface area contributed by atoms with Crippen molar-refractivity contribution in [1.29, 1.82) is 0 Å². The summed E-state index contributed by atoms with van der Waals surface area (Å²) in [5.41, 5.74) is 1.10. The molecule has 1 aliphatic rings. The maximum absolute atomic E-state index is 12.8. The fourth-order valence-electron chi connectivity index (χ4n) is 2.95. The number of carbonyl (C=O) groups is 2. The molecular formula is C20H24N2O4S. The largest absolute Gasteiger partial charge is 0.462 e. The van der Waals surface area contributed by atoms with E-state index in [0.29, 0.717) is 30.9 Å². The molecule has 1 fully saturated rings. The van der Waals surface area contributed by atoms with E-state index in [1.165, 1.54) is 0 Å². The first kappa shape index (κ1) is 19.4. The second-order valence-corrected chi connectivity index (χ2v) is 7.36. The number of thiophene rings is 1. The van der Waals surface area contributed by atoms with Crippen LogP contribution in [0.15, 0.2) is 41.8 Å². The van der Waals surface area contributed by atoms with E-state index in [0.717, 1.165) is 24.3 Å². The van der Waals surface area contributed by atoms with Gasteiger partial charge in [0.1, 0.15) is 0 Å². The fourth-order valence-corrected chi connectivity index (χ4v) is 3.67. The first-order valence-corrected chi connectivity index (χ1v) is 10.0. The zero-order chi connectivity index (χ0) is 19.1. The molecule has 2 heterocycles. The van der Waals surface area contributed by atoms with Crippen LogP contribution >= 0.6 is 11.3 Å². The van der Waals surface area contributed by atoms with Gasteiger partial charge in [-0.05, 0) is 55.5 Å². The number of hydrogen-bond acceptors (Lipinski definition) is 5. The SMILES string of the molecule is CCOC(=O)c1ccc(NC(=O)N(Cc2cccs2)CC2CCCO2)cc1. The van der Waals surface area contributed by atoms with Crippen LogP contribution in [0.2, 0.25) is 0 Å². The van der Waals surface area contributed by atoms with E-state index in [-0.39, 0.29) is 18.1 Å². The highest BCUT2D eigenvalue weighted by Gasteiger charge is 2.23. The van der Waals surface area contributed by atoms with Crippen molar-refractivity contribution in [3.05, 3.63) is 52.2 Å². The van der Waals surface area contributed by atoms with E-state index in [2.05, 4.69) is 5.32 Å². The number of amides is 2. The van der Waals surface area contributed by atoms with Gasteiger partial charge in [0.2, 0.25) is 0 Å².